The Labute approximate surface area is 158 Å². The lowest BCUT2D eigenvalue weighted by molar-refractivity contribution is -0.149. The highest BCUT2D eigenvalue weighted by molar-refractivity contribution is 5.90. The van der Waals surface area contributed by atoms with Gasteiger partial charge in [0.2, 0.25) is 0 Å². The third-order valence-electron chi connectivity index (χ3n) is 3.35. The smallest absolute Gasteiger partial charge is 0.344 e. The highest BCUT2D eigenvalue weighted by Gasteiger charge is 2.06. The monoisotopic (exact) mass is 369 g/mol. The number of hydrogen-bond donors (Lipinski definition) is 0. The number of carbonyl (C=O) groups excluding carboxylic acids is 2. The first-order chi connectivity index (χ1) is 13.0. The van der Waals surface area contributed by atoms with Crippen LogP contribution in [0.5, 0.6) is 5.75 Å². The average Bonchev–Trinajstić information content (AvgIpc) is 2.65. The second-order valence-corrected chi connectivity index (χ2v) is 5.92. The van der Waals surface area contributed by atoms with E-state index in [9.17, 15) is 9.59 Å². The molecule has 142 valence electrons. The molecule has 0 radical (unpaired) electrons. The van der Waals surface area contributed by atoms with Gasteiger partial charge in [-0.2, -0.15) is 0 Å². The molecule has 0 heterocycles. The maximum absolute atomic E-state index is 11.6. The molecular formula is C21H23NO5. The highest BCUT2D eigenvalue weighted by atomic mass is 16.6. The van der Waals surface area contributed by atoms with Crippen molar-refractivity contribution in [3.63, 3.8) is 0 Å². The highest BCUT2D eigenvalue weighted by Crippen LogP contribution is 2.15. The van der Waals surface area contributed by atoms with Gasteiger partial charge in [0, 0.05) is 6.21 Å². The van der Waals surface area contributed by atoms with Crippen LogP contribution in [0.2, 0.25) is 0 Å². The minimum Gasteiger partial charge on any atom is -0.482 e. The first-order valence-corrected chi connectivity index (χ1v) is 8.71. The molecule has 0 bridgehead atoms. The summed E-state index contributed by atoms with van der Waals surface area (Å²) in [5.41, 5.74) is 2.09. The van der Waals surface area contributed by atoms with Crippen LogP contribution < -0.4 is 4.74 Å². The van der Waals surface area contributed by atoms with Crippen molar-refractivity contribution in [3.8, 4) is 5.75 Å². The van der Waals surface area contributed by atoms with Crippen LogP contribution in [-0.4, -0.2) is 37.5 Å². The number of rotatable bonds is 8. The van der Waals surface area contributed by atoms with E-state index in [1.807, 2.05) is 12.1 Å². The first-order valence-electron chi connectivity index (χ1n) is 8.71. The summed E-state index contributed by atoms with van der Waals surface area (Å²) in [6, 6.07) is 14.0. The van der Waals surface area contributed by atoms with Gasteiger partial charge in [-0.1, -0.05) is 0 Å². The molecule has 2 aromatic carbocycles. The molecule has 0 aliphatic rings. The Kier molecular flexibility index (Phi) is 7.55. The molecule has 0 aromatic heterocycles. The van der Waals surface area contributed by atoms with Crippen LogP contribution in [0, 0.1) is 0 Å². The molecule has 0 unspecified atom stereocenters. The Bertz CT molecular complexity index is 779. The zero-order valence-corrected chi connectivity index (χ0v) is 15.7. The number of esters is 2. The number of nitrogens with zero attached hydrogens (tertiary/aromatic N) is 1. The van der Waals surface area contributed by atoms with Crippen LogP contribution in [-0.2, 0) is 14.3 Å². The van der Waals surface area contributed by atoms with Gasteiger partial charge in [-0.05, 0) is 74.9 Å². The van der Waals surface area contributed by atoms with E-state index in [1.165, 1.54) is 0 Å². The zero-order chi connectivity index (χ0) is 19.6. The third kappa shape index (κ3) is 6.93. The number of hydrogen-bond acceptors (Lipinski definition) is 6. The van der Waals surface area contributed by atoms with Gasteiger partial charge in [0.05, 0.1) is 24.0 Å². The fourth-order valence-corrected chi connectivity index (χ4v) is 2.14. The van der Waals surface area contributed by atoms with E-state index in [1.54, 1.807) is 63.4 Å². The van der Waals surface area contributed by atoms with E-state index >= 15 is 0 Å². The molecule has 6 heteroatoms. The summed E-state index contributed by atoms with van der Waals surface area (Å²) in [6.45, 7) is 5.56. The SMILES string of the molecule is CCOC(=O)c1ccc(N=Cc2ccc(OCC(=O)OC(C)C)cc2)cc1. The molecular weight excluding hydrogens is 346 g/mol. The second kappa shape index (κ2) is 10.1. The van der Waals surface area contributed by atoms with E-state index in [4.69, 9.17) is 14.2 Å². The normalized spacial score (nSPS) is 10.8. The Morgan fingerprint density at radius 3 is 2.30 bits per heavy atom. The van der Waals surface area contributed by atoms with E-state index < -0.39 is 5.97 Å². The van der Waals surface area contributed by atoms with Crippen molar-refractivity contribution >= 4 is 23.8 Å². The standard InChI is InChI=1S/C21H23NO5/c1-4-25-21(24)17-7-9-18(10-8-17)22-13-16-5-11-19(12-6-16)26-14-20(23)27-15(2)3/h5-13,15H,4,14H2,1-3H3. The molecule has 0 N–H and O–H groups in total. The van der Waals surface area contributed by atoms with Crippen LogP contribution in [0.25, 0.3) is 0 Å². The molecule has 0 atom stereocenters. The minimum atomic E-state index is -0.401. The van der Waals surface area contributed by atoms with Gasteiger partial charge in [0.25, 0.3) is 0 Å². The third-order valence-corrected chi connectivity index (χ3v) is 3.35. The van der Waals surface area contributed by atoms with Crippen molar-refractivity contribution in [2.24, 2.45) is 4.99 Å². The van der Waals surface area contributed by atoms with E-state index in [0.717, 1.165) is 11.3 Å². The Balaban J connectivity index is 1.90. The van der Waals surface area contributed by atoms with Crippen LogP contribution in [0.3, 0.4) is 0 Å². The second-order valence-electron chi connectivity index (χ2n) is 5.92. The molecule has 0 aliphatic heterocycles. The maximum atomic E-state index is 11.6. The van der Waals surface area contributed by atoms with E-state index in [0.29, 0.717) is 17.9 Å². The fourth-order valence-electron chi connectivity index (χ4n) is 2.14. The Morgan fingerprint density at radius 1 is 1.04 bits per heavy atom. The Morgan fingerprint density at radius 2 is 1.70 bits per heavy atom. The van der Waals surface area contributed by atoms with Gasteiger partial charge in [-0.25, -0.2) is 9.59 Å². The van der Waals surface area contributed by atoms with Gasteiger partial charge < -0.3 is 14.2 Å². The lowest BCUT2D eigenvalue weighted by Crippen LogP contribution is -2.18. The van der Waals surface area contributed by atoms with Gasteiger partial charge >= 0.3 is 11.9 Å². The molecule has 2 rings (SSSR count). The predicted molar refractivity (Wildman–Crippen MR) is 103 cm³/mol. The molecule has 0 spiro atoms. The molecule has 0 fully saturated rings. The van der Waals surface area contributed by atoms with Crippen molar-refractivity contribution in [3.05, 3.63) is 59.7 Å². The average molecular weight is 369 g/mol. The van der Waals surface area contributed by atoms with Crippen LogP contribution >= 0.6 is 0 Å². The first kappa shape index (κ1) is 20.2. The topological polar surface area (TPSA) is 74.2 Å². The van der Waals surface area contributed by atoms with Crippen molar-refractivity contribution in [1.82, 2.24) is 0 Å². The summed E-state index contributed by atoms with van der Waals surface area (Å²) >= 11 is 0. The van der Waals surface area contributed by atoms with Gasteiger partial charge in [-0.15, -0.1) is 0 Å². The van der Waals surface area contributed by atoms with Crippen molar-refractivity contribution < 1.29 is 23.8 Å². The lowest BCUT2D eigenvalue weighted by atomic mass is 10.2. The molecule has 2 aromatic rings. The molecule has 27 heavy (non-hydrogen) atoms. The molecule has 0 aliphatic carbocycles. The maximum Gasteiger partial charge on any atom is 0.344 e. The summed E-state index contributed by atoms with van der Waals surface area (Å²) in [6.07, 6.45) is 1.54. The van der Waals surface area contributed by atoms with Gasteiger partial charge in [-0.3, -0.25) is 4.99 Å². The van der Waals surface area contributed by atoms with E-state index in [-0.39, 0.29) is 18.7 Å². The Hall–Kier alpha value is -3.15. The van der Waals surface area contributed by atoms with Crippen LogP contribution in [0.15, 0.2) is 53.5 Å². The lowest BCUT2D eigenvalue weighted by Gasteiger charge is -2.09. The predicted octanol–water partition coefficient (Wildman–Crippen LogP) is 3.94. The summed E-state index contributed by atoms with van der Waals surface area (Å²) in [4.78, 5) is 27.4. The van der Waals surface area contributed by atoms with Crippen LogP contribution in [0.4, 0.5) is 5.69 Å². The number of ether oxygens (including phenoxy) is 3. The summed E-state index contributed by atoms with van der Waals surface area (Å²) in [7, 11) is 0. The van der Waals surface area contributed by atoms with Gasteiger partial charge in [0.1, 0.15) is 5.75 Å². The van der Waals surface area contributed by atoms with Crippen molar-refractivity contribution in [2.75, 3.05) is 13.2 Å². The van der Waals surface area contributed by atoms with Gasteiger partial charge in [0.15, 0.2) is 6.61 Å². The van der Waals surface area contributed by atoms with E-state index in [2.05, 4.69) is 4.99 Å². The number of aliphatic imine (C=N–C) groups is 1. The summed E-state index contributed by atoms with van der Waals surface area (Å²) < 4.78 is 15.3. The molecule has 0 saturated heterocycles. The largest absolute Gasteiger partial charge is 0.482 e. The van der Waals surface area contributed by atoms with Crippen LogP contribution in [0.1, 0.15) is 36.7 Å². The summed E-state index contributed by atoms with van der Waals surface area (Å²) in [5.74, 6) is -0.172. The number of carbonyl (C=O) groups is 2. The molecule has 0 saturated carbocycles. The van der Waals surface area contributed by atoms with Crippen molar-refractivity contribution in [1.29, 1.82) is 0 Å². The molecule has 0 amide bonds. The molecule has 6 nitrogen and oxygen atoms in total. The number of benzene rings is 2. The quantitative estimate of drug-likeness (QED) is 0.520. The van der Waals surface area contributed by atoms with Crippen molar-refractivity contribution in [2.45, 2.75) is 26.9 Å². The fraction of sp³-hybridized carbons (Fsp3) is 0.286. The minimum absolute atomic E-state index is 0.127. The zero-order valence-electron chi connectivity index (χ0n) is 15.7. The summed E-state index contributed by atoms with van der Waals surface area (Å²) in [5, 5.41) is 0.